The van der Waals surface area contributed by atoms with Crippen molar-refractivity contribution < 1.29 is 38.4 Å². The van der Waals surface area contributed by atoms with Crippen molar-refractivity contribution in [3.05, 3.63) is 21.9 Å². The molecule has 0 unspecified atom stereocenters. The van der Waals surface area contributed by atoms with E-state index >= 15 is 4.39 Å². The Hall–Kier alpha value is -1.43. The van der Waals surface area contributed by atoms with Gasteiger partial charge in [-0.1, -0.05) is 31.9 Å². The maximum atomic E-state index is 15.3. The van der Waals surface area contributed by atoms with Crippen molar-refractivity contribution in [3.63, 3.8) is 0 Å². The van der Waals surface area contributed by atoms with E-state index in [1.807, 2.05) is 0 Å². The quantitative estimate of drug-likeness (QED) is 0.329. The van der Waals surface area contributed by atoms with E-state index in [1.165, 1.54) is 17.4 Å². The zero-order valence-electron chi connectivity index (χ0n) is 20.6. The molecule has 1 aromatic heterocycles. The minimum absolute atomic E-state index is 0.0153. The van der Waals surface area contributed by atoms with Crippen molar-refractivity contribution in [2.45, 2.75) is 82.4 Å². The topological polar surface area (TPSA) is 118 Å². The van der Waals surface area contributed by atoms with Crippen molar-refractivity contribution >= 4 is 40.8 Å². The second-order valence-electron chi connectivity index (χ2n) is 10.3. The predicted octanol–water partition coefficient (Wildman–Crippen LogP) is 3.55. The first-order chi connectivity index (χ1) is 16.9. The summed E-state index contributed by atoms with van der Waals surface area (Å²) in [4.78, 5) is 30.4. The number of Topliss-reactive ketones (excluding diaryl/α,β-unsaturated/α-hetero) is 1. The molecule has 4 rings (SSSR count). The largest absolute Gasteiger partial charge is 0.455 e. The predicted molar refractivity (Wildman–Crippen MR) is 131 cm³/mol. The Balaban J connectivity index is 1.58. The minimum atomic E-state index is -1.31. The Labute approximate surface area is 218 Å². The van der Waals surface area contributed by atoms with Crippen LogP contribution in [0.15, 0.2) is 11.2 Å². The number of nitrogens with zero attached hydrogens (tertiary/aromatic N) is 1. The summed E-state index contributed by atoms with van der Waals surface area (Å²) in [5, 5.41) is 23.0. The molecule has 2 saturated heterocycles. The number of ether oxygens (including phenoxy) is 3. The summed E-state index contributed by atoms with van der Waals surface area (Å²) < 4.78 is 32.0. The Morgan fingerprint density at radius 2 is 2.03 bits per heavy atom. The van der Waals surface area contributed by atoms with Gasteiger partial charge in [0.2, 0.25) is 0 Å². The molecule has 0 radical (unpaired) electrons. The molecule has 11 heteroatoms. The van der Waals surface area contributed by atoms with Gasteiger partial charge >= 0.3 is 5.97 Å². The van der Waals surface area contributed by atoms with Gasteiger partial charge < -0.3 is 24.4 Å². The van der Waals surface area contributed by atoms with E-state index in [0.29, 0.717) is 18.5 Å². The van der Waals surface area contributed by atoms with E-state index < -0.39 is 59.0 Å². The van der Waals surface area contributed by atoms with Gasteiger partial charge in [0.25, 0.3) is 0 Å². The number of esters is 1. The van der Waals surface area contributed by atoms with Gasteiger partial charge in [0.1, 0.15) is 17.7 Å². The molecule has 7 atom stereocenters. The minimum Gasteiger partial charge on any atom is -0.455 e. The smallest absolute Gasteiger partial charge is 0.309 e. The number of ketones is 1. The lowest BCUT2D eigenvalue weighted by molar-refractivity contribution is -0.162. The number of hydrogen-bond acceptors (Lipinski definition) is 9. The number of alkyl halides is 1. The van der Waals surface area contributed by atoms with E-state index in [9.17, 15) is 19.8 Å². The highest BCUT2D eigenvalue weighted by atomic mass is 35.5. The Morgan fingerprint density at radius 1 is 1.31 bits per heavy atom. The summed E-state index contributed by atoms with van der Waals surface area (Å²) in [6.07, 6.45) is -2.02. The number of fused-ring (bicyclic) bond motifs is 1. The molecule has 0 amide bonds. The summed E-state index contributed by atoms with van der Waals surface area (Å²) >= 11 is 7.83. The van der Waals surface area contributed by atoms with Gasteiger partial charge in [-0.2, -0.15) is 0 Å². The second kappa shape index (κ2) is 10.7. The van der Waals surface area contributed by atoms with E-state index in [1.54, 1.807) is 26.2 Å². The van der Waals surface area contributed by atoms with Gasteiger partial charge in [0.15, 0.2) is 11.2 Å². The van der Waals surface area contributed by atoms with Crippen molar-refractivity contribution in [1.82, 2.24) is 4.98 Å². The molecule has 1 saturated carbocycles. The molecule has 3 aliphatic rings. The molecule has 3 heterocycles. The Morgan fingerprint density at radius 3 is 2.64 bits per heavy atom. The lowest BCUT2D eigenvalue weighted by Crippen LogP contribution is -2.53. The standard InChI is InChI=1S/C25H33ClFNO7S/c1-13-10-33-12-25(26)20(35-25)8-18(17(27)7-16-11-36-15(3)28-16)34-21(30)9-19(29)24(5-4-6-24)23(32)14(2)22(13)31/h7,11,13-14,18-20,22,29,31H,4-6,8-10,12H2,1-3H3/t13-,14+,18-,19-,20-,22-,25+/m0/s1. The van der Waals surface area contributed by atoms with Crippen LogP contribution in [0.5, 0.6) is 0 Å². The first kappa shape index (κ1) is 27.6. The van der Waals surface area contributed by atoms with Crippen molar-refractivity contribution in [1.29, 1.82) is 0 Å². The number of epoxide rings is 1. The van der Waals surface area contributed by atoms with Crippen LogP contribution in [0.3, 0.4) is 0 Å². The SMILES string of the molecule is Cc1nc(C=C(F)[C@@H]2C[C@@H]3O[C@]3(Cl)COC[C@H](C)[C@H](O)[C@@H](C)C(=O)C3(CCC3)[C@@H](O)CC(=O)O2)cs1. The van der Waals surface area contributed by atoms with Gasteiger partial charge in [-0.05, 0) is 25.8 Å². The number of carbonyl (C=O) groups excluding carboxylic acids is 2. The number of hydrogen-bond donors (Lipinski definition) is 2. The number of aryl methyl sites for hydroxylation is 1. The van der Waals surface area contributed by atoms with E-state index in [2.05, 4.69) is 4.98 Å². The molecular weight excluding hydrogens is 513 g/mol. The van der Waals surface area contributed by atoms with E-state index in [4.69, 9.17) is 25.8 Å². The maximum Gasteiger partial charge on any atom is 0.309 e. The first-order valence-electron chi connectivity index (χ1n) is 12.3. The normalized spacial score (nSPS) is 38.2. The molecule has 1 aliphatic carbocycles. The zero-order valence-corrected chi connectivity index (χ0v) is 22.2. The molecule has 2 N–H and O–H groups in total. The highest BCUT2D eigenvalue weighted by Gasteiger charge is 2.57. The Kier molecular flexibility index (Phi) is 8.24. The fraction of sp³-hybridized carbons (Fsp3) is 0.720. The molecule has 36 heavy (non-hydrogen) atoms. The number of halogens is 2. The van der Waals surface area contributed by atoms with Crippen molar-refractivity contribution in [2.75, 3.05) is 13.2 Å². The molecule has 8 nitrogen and oxygen atoms in total. The van der Waals surface area contributed by atoms with Crippen LogP contribution in [-0.2, 0) is 23.8 Å². The number of aliphatic hydroxyl groups excluding tert-OH is 2. The summed E-state index contributed by atoms with van der Waals surface area (Å²) in [5.74, 6) is -3.01. The highest BCUT2D eigenvalue weighted by Crippen LogP contribution is 2.49. The lowest BCUT2D eigenvalue weighted by atomic mass is 9.59. The zero-order chi connectivity index (χ0) is 26.3. The van der Waals surface area contributed by atoms with Gasteiger partial charge in [-0.15, -0.1) is 11.3 Å². The highest BCUT2D eigenvalue weighted by molar-refractivity contribution is 7.09. The number of cyclic esters (lactones) is 1. The summed E-state index contributed by atoms with van der Waals surface area (Å²) in [5.41, 5.74) is -0.736. The molecule has 0 bridgehead atoms. The van der Waals surface area contributed by atoms with Crippen molar-refractivity contribution in [3.8, 4) is 0 Å². The first-order valence-corrected chi connectivity index (χ1v) is 13.5. The number of rotatable bonds is 2. The number of carbonyl (C=O) groups is 2. The molecule has 200 valence electrons. The average Bonchev–Trinajstić information content (AvgIpc) is 3.22. The summed E-state index contributed by atoms with van der Waals surface area (Å²) in [7, 11) is 0. The monoisotopic (exact) mass is 545 g/mol. The van der Waals surface area contributed by atoms with E-state index in [-0.39, 0.29) is 31.3 Å². The number of aromatic nitrogens is 1. The summed E-state index contributed by atoms with van der Waals surface area (Å²) in [6.45, 7) is 5.30. The van der Waals surface area contributed by atoms with Crippen LogP contribution in [0.1, 0.15) is 56.7 Å². The van der Waals surface area contributed by atoms with Gasteiger partial charge in [0.05, 0.1) is 48.0 Å². The molecule has 0 aromatic carbocycles. The van der Waals surface area contributed by atoms with Crippen LogP contribution in [0.25, 0.3) is 6.08 Å². The van der Waals surface area contributed by atoms with Crippen molar-refractivity contribution in [2.24, 2.45) is 17.3 Å². The van der Waals surface area contributed by atoms with Gasteiger partial charge in [-0.25, -0.2) is 9.37 Å². The van der Waals surface area contributed by atoms with Gasteiger partial charge in [-0.3, -0.25) is 9.59 Å². The molecule has 3 fully saturated rings. The third-order valence-electron chi connectivity index (χ3n) is 7.62. The third kappa shape index (κ3) is 5.68. The van der Waals surface area contributed by atoms with Gasteiger partial charge in [0, 0.05) is 23.6 Å². The second-order valence-corrected chi connectivity index (χ2v) is 12.0. The lowest BCUT2D eigenvalue weighted by Gasteiger charge is -2.46. The van der Waals surface area contributed by atoms with Crippen LogP contribution >= 0.6 is 22.9 Å². The maximum absolute atomic E-state index is 15.3. The van der Waals surface area contributed by atoms with Crippen LogP contribution < -0.4 is 0 Å². The van der Waals surface area contributed by atoms with E-state index in [0.717, 1.165) is 11.4 Å². The van der Waals surface area contributed by atoms with Crippen LogP contribution in [0.2, 0.25) is 0 Å². The molecule has 1 aromatic rings. The van der Waals surface area contributed by atoms with Crippen LogP contribution in [0, 0.1) is 24.2 Å². The van der Waals surface area contributed by atoms with Crippen LogP contribution in [-0.4, -0.2) is 69.6 Å². The fourth-order valence-corrected chi connectivity index (χ4v) is 5.94. The molecule has 1 spiro atoms. The summed E-state index contributed by atoms with van der Waals surface area (Å²) in [6, 6.07) is 0. The molecular formula is C25H33ClFNO7S. The Bertz CT molecular complexity index is 1010. The van der Waals surface area contributed by atoms with Crippen LogP contribution in [0.4, 0.5) is 4.39 Å². The molecule has 2 aliphatic heterocycles. The third-order valence-corrected chi connectivity index (χ3v) is 8.85. The fourth-order valence-electron chi connectivity index (χ4n) is 5.09. The number of aliphatic hydroxyl groups is 2. The number of thiazole rings is 1. The average molecular weight is 546 g/mol.